The van der Waals surface area contributed by atoms with Gasteiger partial charge in [0.15, 0.2) is 0 Å². The van der Waals surface area contributed by atoms with E-state index >= 15 is 0 Å². The molecule has 36 heavy (non-hydrogen) atoms. The maximum atomic E-state index is 13.7. The molecule has 2 fully saturated rings. The number of rotatable bonds is 5. The number of halogens is 1. The largest absolute Gasteiger partial charge is 0.378 e. The molecule has 2 aliphatic rings. The lowest BCUT2D eigenvalue weighted by atomic mass is 10.1. The van der Waals surface area contributed by atoms with Gasteiger partial charge < -0.3 is 15.0 Å². The number of hydrogen-bond acceptors (Lipinski definition) is 6. The predicted molar refractivity (Wildman–Crippen MR) is 142 cm³/mol. The van der Waals surface area contributed by atoms with Gasteiger partial charge in [0, 0.05) is 37.1 Å². The molecule has 0 amide bonds. The molecule has 1 N–H and O–H groups in total. The van der Waals surface area contributed by atoms with Crippen molar-refractivity contribution in [1.29, 1.82) is 0 Å². The zero-order valence-electron chi connectivity index (χ0n) is 21.0. The van der Waals surface area contributed by atoms with Crippen LogP contribution in [-0.4, -0.2) is 51.7 Å². The van der Waals surface area contributed by atoms with Crippen molar-refractivity contribution in [2.75, 3.05) is 36.5 Å². The van der Waals surface area contributed by atoms with Crippen molar-refractivity contribution in [3.05, 3.63) is 60.7 Å². The van der Waals surface area contributed by atoms with E-state index in [-0.39, 0.29) is 5.82 Å². The third-order valence-electron chi connectivity index (χ3n) is 6.68. The molecule has 0 radical (unpaired) electrons. The number of benzene rings is 1. The molecule has 1 saturated carbocycles. The number of imidazole rings is 1. The fraction of sp³-hybridized carbons (Fsp3) is 0.393. The summed E-state index contributed by atoms with van der Waals surface area (Å²) < 4.78 is 21.3. The van der Waals surface area contributed by atoms with Crippen LogP contribution in [0, 0.1) is 5.82 Å². The molecule has 1 aromatic carbocycles. The molecular formula is C28H33FN6O. The van der Waals surface area contributed by atoms with Crippen LogP contribution in [0.25, 0.3) is 28.3 Å². The Morgan fingerprint density at radius 2 is 1.69 bits per heavy atom. The van der Waals surface area contributed by atoms with E-state index in [1.807, 2.05) is 26.0 Å². The molecule has 3 aromatic heterocycles. The van der Waals surface area contributed by atoms with Crippen molar-refractivity contribution in [2.45, 2.75) is 45.6 Å². The Morgan fingerprint density at radius 3 is 2.44 bits per heavy atom. The molecule has 188 valence electrons. The average molecular weight is 489 g/mol. The van der Waals surface area contributed by atoms with E-state index in [1.54, 1.807) is 18.3 Å². The molecule has 6 rings (SSSR count). The number of morpholine rings is 1. The number of nitrogens with one attached hydrogen (secondary N) is 1. The highest BCUT2D eigenvalue weighted by Gasteiger charge is 2.21. The first-order valence-corrected chi connectivity index (χ1v) is 13.0. The first-order chi connectivity index (χ1) is 17.7. The number of hydrogen-bond donors (Lipinski definition) is 1. The van der Waals surface area contributed by atoms with Gasteiger partial charge in [-0.1, -0.05) is 26.7 Å². The molecular weight excluding hydrogens is 455 g/mol. The summed E-state index contributed by atoms with van der Waals surface area (Å²) in [5, 5.41) is 3.50. The molecule has 7 nitrogen and oxygen atoms in total. The Bertz CT molecular complexity index is 1290. The maximum absolute atomic E-state index is 13.7. The lowest BCUT2D eigenvalue weighted by molar-refractivity contribution is 0.122. The van der Waals surface area contributed by atoms with Gasteiger partial charge in [-0.2, -0.15) is 0 Å². The summed E-state index contributed by atoms with van der Waals surface area (Å²) in [4.78, 5) is 16.6. The van der Waals surface area contributed by atoms with Crippen LogP contribution in [0.4, 0.5) is 16.0 Å². The van der Waals surface area contributed by atoms with Gasteiger partial charge >= 0.3 is 0 Å². The van der Waals surface area contributed by atoms with E-state index in [4.69, 9.17) is 14.7 Å². The van der Waals surface area contributed by atoms with Gasteiger partial charge in [0.2, 0.25) is 5.95 Å². The normalized spacial score (nSPS) is 16.1. The minimum Gasteiger partial charge on any atom is -0.378 e. The summed E-state index contributed by atoms with van der Waals surface area (Å²) in [7, 11) is 0. The fourth-order valence-corrected chi connectivity index (χ4v) is 4.91. The Balaban J connectivity index is 0.00000130. The number of fused-ring (bicyclic) bond motifs is 1. The monoisotopic (exact) mass is 488 g/mol. The first kappa shape index (κ1) is 24.2. The molecule has 8 heteroatoms. The van der Waals surface area contributed by atoms with Crippen molar-refractivity contribution in [2.24, 2.45) is 0 Å². The van der Waals surface area contributed by atoms with E-state index in [9.17, 15) is 4.39 Å². The second kappa shape index (κ2) is 11.0. The molecule has 1 aliphatic heterocycles. The van der Waals surface area contributed by atoms with Crippen LogP contribution in [0.5, 0.6) is 0 Å². The zero-order chi connectivity index (χ0) is 24.9. The van der Waals surface area contributed by atoms with Crippen LogP contribution in [-0.2, 0) is 4.74 Å². The number of pyridine rings is 1. The van der Waals surface area contributed by atoms with E-state index < -0.39 is 0 Å². The van der Waals surface area contributed by atoms with E-state index in [0.29, 0.717) is 12.0 Å². The Labute approximate surface area is 211 Å². The van der Waals surface area contributed by atoms with Crippen LogP contribution in [0.1, 0.15) is 39.5 Å². The Kier molecular flexibility index (Phi) is 7.41. The zero-order valence-corrected chi connectivity index (χ0v) is 21.0. The topological polar surface area (TPSA) is 67.6 Å². The highest BCUT2D eigenvalue weighted by atomic mass is 19.1. The molecule has 1 aliphatic carbocycles. The van der Waals surface area contributed by atoms with Crippen molar-refractivity contribution in [1.82, 2.24) is 19.4 Å². The molecule has 4 heterocycles. The second-order valence-corrected chi connectivity index (χ2v) is 8.92. The van der Waals surface area contributed by atoms with E-state index in [2.05, 4.69) is 31.9 Å². The number of anilines is 2. The lowest BCUT2D eigenvalue weighted by Crippen LogP contribution is -2.36. The number of ether oxygens (including phenoxy) is 1. The smallest absolute Gasteiger partial charge is 0.223 e. The molecule has 0 unspecified atom stereocenters. The minimum absolute atomic E-state index is 0.270. The van der Waals surface area contributed by atoms with Crippen LogP contribution < -0.4 is 10.2 Å². The maximum Gasteiger partial charge on any atom is 0.223 e. The van der Waals surface area contributed by atoms with Crippen molar-refractivity contribution < 1.29 is 9.13 Å². The van der Waals surface area contributed by atoms with Gasteiger partial charge in [0.05, 0.1) is 36.0 Å². The number of nitrogens with zero attached hydrogens (tertiary/aromatic N) is 5. The summed E-state index contributed by atoms with van der Waals surface area (Å²) in [6.07, 6.45) is 8.68. The lowest BCUT2D eigenvalue weighted by Gasteiger charge is -2.28. The second-order valence-electron chi connectivity index (χ2n) is 8.92. The third kappa shape index (κ3) is 5.04. The molecule has 4 aromatic rings. The van der Waals surface area contributed by atoms with Gasteiger partial charge in [0.1, 0.15) is 11.5 Å². The summed E-state index contributed by atoms with van der Waals surface area (Å²) >= 11 is 0. The van der Waals surface area contributed by atoms with E-state index in [0.717, 1.165) is 73.1 Å². The Hall–Kier alpha value is -3.52. The van der Waals surface area contributed by atoms with Gasteiger partial charge in [-0.25, -0.2) is 19.3 Å². The fourth-order valence-electron chi connectivity index (χ4n) is 4.91. The SMILES string of the molecule is CC.Fc1ccc(-c2nc3ccc(N4CCOCC4)cn3c2-c2ccnc(NC3CCCC3)n2)cc1. The van der Waals surface area contributed by atoms with Crippen LogP contribution in [0.15, 0.2) is 54.9 Å². The minimum atomic E-state index is -0.270. The summed E-state index contributed by atoms with van der Waals surface area (Å²) in [5.74, 6) is 0.363. The molecule has 0 spiro atoms. The summed E-state index contributed by atoms with van der Waals surface area (Å²) in [6.45, 7) is 7.14. The van der Waals surface area contributed by atoms with E-state index in [1.165, 1.54) is 25.0 Å². The van der Waals surface area contributed by atoms with Crippen LogP contribution in [0.3, 0.4) is 0 Å². The van der Waals surface area contributed by atoms with Crippen molar-refractivity contribution in [3.8, 4) is 22.6 Å². The van der Waals surface area contributed by atoms with Crippen LogP contribution in [0.2, 0.25) is 0 Å². The Morgan fingerprint density at radius 1 is 0.944 bits per heavy atom. The molecule has 0 bridgehead atoms. The summed E-state index contributed by atoms with van der Waals surface area (Å²) in [6, 6.07) is 12.9. The van der Waals surface area contributed by atoms with Gasteiger partial charge in [-0.15, -0.1) is 0 Å². The average Bonchev–Trinajstić information content (AvgIpc) is 3.58. The highest BCUT2D eigenvalue weighted by molar-refractivity contribution is 5.81. The third-order valence-corrected chi connectivity index (χ3v) is 6.68. The summed E-state index contributed by atoms with van der Waals surface area (Å²) in [5.41, 5.74) is 5.19. The predicted octanol–water partition coefficient (Wildman–Crippen LogP) is 5.81. The van der Waals surface area contributed by atoms with Gasteiger partial charge in [-0.05, 0) is 55.3 Å². The van der Waals surface area contributed by atoms with Crippen molar-refractivity contribution >= 4 is 17.3 Å². The van der Waals surface area contributed by atoms with Crippen molar-refractivity contribution in [3.63, 3.8) is 0 Å². The highest BCUT2D eigenvalue weighted by Crippen LogP contribution is 2.34. The molecule has 0 atom stereocenters. The van der Waals surface area contributed by atoms with Crippen LogP contribution >= 0.6 is 0 Å². The number of aromatic nitrogens is 4. The van der Waals surface area contributed by atoms with Gasteiger partial charge in [-0.3, -0.25) is 4.40 Å². The first-order valence-electron chi connectivity index (χ1n) is 13.0. The van der Waals surface area contributed by atoms with Gasteiger partial charge in [0.25, 0.3) is 0 Å². The standard InChI is InChI=1S/C26H27FN6O.C2H6/c27-19-7-5-18(6-8-19)24-25(22-11-12-28-26(30-22)29-20-3-1-2-4-20)33-17-21(9-10-23(33)31-24)32-13-15-34-16-14-32;1-2/h5-12,17,20H,1-4,13-16H2,(H,28,29,30);1-2H3. The quantitative estimate of drug-likeness (QED) is 0.382. The molecule has 1 saturated heterocycles.